The van der Waals surface area contributed by atoms with E-state index in [1.165, 1.54) is 11.1 Å². The molecule has 3 N–H and O–H groups in total. The largest absolute Gasteiger partial charge is 0.380 e. The van der Waals surface area contributed by atoms with Crippen LogP contribution in [-0.4, -0.2) is 56.8 Å². The van der Waals surface area contributed by atoms with Crippen LogP contribution in [0.1, 0.15) is 25.0 Å². The Hall–Kier alpha value is -1.84. The number of hydrogen-bond donors (Lipinski definition) is 3. The third-order valence-electron chi connectivity index (χ3n) is 5.71. The average Bonchev–Trinajstić information content (AvgIpc) is 2.80. The summed E-state index contributed by atoms with van der Waals surface area (Å²) in [5, 5.41) is 10.6. The van der Waals surface area contributed by atoms with Crippen molar-refractivity contribution in [3.05, 3.63) is 65.7 Å². The van der Waals surface area contributed by atoms with E-state index in [-0.39, 0.29) is 24.0 Å². The van der Waals surface area contributed by atoms with Crippen molar-refractivity contribution in [1.29, 1.82) is 0 Å². The first-order valence-corrected chi connectivity index (χ1v) is 11.3. The summed E-state index contributed by atoms with van der Waals surface area (Å²) in [6.45, 7) is 10.6. The molecular weight excluding hydrogens is 513 g/mol. The van der Waals surface area contributed by atoms with Crippen molar-refractivity contribution in [3.63, 3.8) is 0 Å². The summed E-state index contributed by atoms with van der Waals surface area (Å²) in [6, 6.07) is 19.3. The van der Waals surface area contributed by atoms with Gasteiger partial charge in [0.1, 0.15) is 0 Å². The molecule has 1 fully saturated rings. The highest BCUT2D eigenvalue weighted by molar-refractivity contribution is 14.0. The predicted octanol–water partition coefficient (Wildman–Crippen LogP) is 3.94. The highest BCUT2D eigenvalue weighted by Crippen LogP contribution is 2.14. The number of nitrogens with one attached hydrogen (secondary N) is 3. The lowest BCUT2D eigenvalue weighted by Gasteiger charge is -2.27. The van der Waals surface area contributed by atoms with Gasteiger partial charge in [-0.2, -0.15) is 0 Å². The summed E-state index contributed by atoms with van der Waals surface area (Å²) >= 11 is 0. The molecule has 1 saturated heterocycles. The fourth-order valence-corrected chi connectivity index (χ4v) is 3.69. The summed E-state index contributed by atoms with van der Waals surface area (Å²) in [4.78, 5) is 6.88. The Bertz CT molecular complexity index is 809. The van der Waals surface area contributed by atoms with Crippen LogP contribution in [-0.2, 0) is 17.8 Å². The molecule has 3 rings (SSSR count). The van der Waals surface area contributed by atoms with Crippen LogP contribution in [0.4, 0.5) is 5.69 Å². The zero-order valence-electron chi connectivity index (χ0n) is 19.5. The molecule has 0 radical (unpaired) electrons. The van der Waals surface area contributed by atoms with Crippen LogP contribution in [0, 0.1) is 5.92 Å². The fraction of sp³-hybridized carbons (Fsp3) is 0.480. The monoisotopic (exact) mass is 551 g/mol. The summed E-state index contributed by atoms with van der Waals surface area (Å²) in [6.07, 6.45) is 0. The Morgan fingerprint density at radius 2 is 1.62 bits per heavy atom. The molecule has 1 aliphatic heterocycles. The van der Waals surface area contributed by atoms with Crippen molar-refractivity contribution in [1.82, 2.24) is 15.5 Å². The highest BCUT2D eigenvalue weighted by Gasteiger charge is 2.15. The molecule has 176 valence electrons. The number of halogens is 1. The molecule has 0 spiro atoms. The van der Waals surface area contributed by atoms with Gasteiger partial charge in [0, 0.05) is 51.5 Å². The lowest BCUT2D eigenvalue weighted by Crippen LogP contribution is -2.44. The van der Waals surface area contributed by atoms with E-state index in [1.807, 2.05) is 13.1 Å². The number of anilines is 1. The number of morpholine rings is 1. The topological polar surface area (TPSA) is 60.9 Å². The first kappa shape index (κ1) is 26.4. The first-order valence-electron chi connectivity index (χ1n) is 11.3. The SMILES string of the molecule is CN=C(NCc1ccccc1CN1CCOCC1)NCC(Nc1ccccc1)C(C)C.I. The van der Waals surface area contributed by atoms with Gasteiger partial charge in [-0.1, -0.05) is 56.3 Å². The van der Waals surface area contributed by atoms with Crippen molar-refractivity contribution in [3.8, 4) is 0 Å². The van der Waals surface area contributed by atoms with Crippen molar-refractivity contribution < 1.29 is 4.74 Å². The van der Waals surface area contributed by atoms with Gasteiger partial charge >= 0.3 is 0 Å². The number of guanidine groups is 1. The maximum absolute atomic E-state index is 5.48. The van der Waals surface area contributed by atoms with E-state index in [1.54, 1.807) is 0 Å². The fourth-order valence-electron chi connectivity index (χ4n) is 3.69. The Morgan fingerprint density at radius 3 is 2.28 bits per heavy atom. The summed E-state index contributed by atoms with van der Waals surface area (Å²) in [5.74, 6) is 1.31. The lowest BCUT2D eigenvalue weighted by atomic mass is 10.0. The van der Waals surface area contributed by atoms with E-state index in [4.69, 9.17) is 4.74 Å². The smallest absolute Gasteiger partial charge is 0.191 e. The summed E-state index contributed by atoms with van der Waals surface area (Å²) in [7, 11) is 1.82. The van der Waals surface area contributed by atoms with E-state index in [0.717, 1.165) is 57.6 Å². The van der Waals surface area contributed by atoms with Crippen molar-refractivity contribution in [2.24, 2.45) is 10.9 Å². The van der Waals surface area contributed by atoms with E-state index in [0.29, 0.717) is 12.0 Å². The van der Waals surface area contributed by atoms with Gasteiger partial charge in [-0.15, -0.1) is 24.0 Å². The molecule has 6 nitrogen and oxygen atoms in total. The minimum absolute atomic E-state index is 0. The van der Waals surface area contributed by atoms with Gasteiger partial charge in [0.15, 0.2) is 5.96 Å². The van der Waals surface area contributed by atoms with Crippen molar-refractivity contribution in [2.75, 3.05) is 45.2 Å². The first-order chi connectivity index (χ1) is 15.2. The maximum atomic E-state index is 5.48. The molecule has 0 bridgehead atoms. The zero-order chi connectivity index (χ0) is 21.9. The molecule has 0 aromatic heterocycles. The van der Waals surface area contributed by atoms with Gasteiger partial charge in [-0.3, -0.25) is 9.89 Å². The molecular formula is C25H38IN5O. The van der Waals surface area contributed by atoms with Crippen LogP contribution in [0.2, 0.25) is 0 Å². The molecule has 2 aromatic rings. The number of para-hydroxylation sites is 1. The number of aliphatic imine (C=N–C) groups is 1. The normalized spacial score (nSPS) is 15.7. The van der Waals surface area contributed by atoms with Crippen LogP contribution < -0.4 is 16.0 Å². The van der Waals surface area contributed by atoms with Crippen LogP contribution in [0.15, 0.2) is 59.6 Å². The molecule has 1 heterocycles. The lowest BCUT2D eigenvalue weighted by molar-refractivity contribution is 0.0341. The van der Waals surface area contributed by atoms with Gasteiger partial charge in [0.25, 0.3) is 0 Å². The number of hydrogen-bond acceptors (Lipinski definition) is 4. The van der Waals surface area contributed by atoms with Gasteiger partial charge in [0.2, 0.25) is 0 Å². The number of nitrogens with zero attached hydrogens (tertiary/aromatic N) is 2. The minimum Gasteiger partial charge on any atom is -0.380 e. The quantitative estimate of drug-likeness (QED) is 0.251. The Balaban J connectivity index is 0.00000363. The number of rotatable bonds is 9. The van der Waals surface area contributed by atoms with Gasteiger partial charge in [-0.25, -0.2) is 0 Å². The second-order valence-corrected chi connectivity index (χ2v) is 8.32. The molecule has 1 aliphatic rings. The Morgan fingerprint density at radius 1 is 0.969 bits per heavy atom. The molecule has 0 amide bonds. The van der Waals surface area contributed by atoms with Gasteiger partial charge in [0.05, 0.1) is 13.2 Å². The van der Waals surface area contributed by atoms with Crippen LogP contribution in [0.3, 0.4) is 0 Å². The predicted molar refractivity (Wildman–Crippen MR) is 145 cm³/mol. The van der Waals surface area contributed by atoms with Gasteiger partial charge in [-0.05, 0) is 29.2 Å². The number of ether oxygens (including phenoxy) is 1. The molecule has 7 heteroatoms. The van der Waals surface area contributed by atoms with E-state index < -0.39 is 0 Å². The molecule has 1 unspecified atom stereocenters. The summed E-state index contributed by atoms with van der Waals surface area (Å²) < 4.78 is 5.48. The van der Waals surface area contributed by atoms with Crippen LogP contribution in [0.5, 0.6) is 0 Å². The Kier molecular flexibility index (Phi) is 11.8. The number of benzene rings is 2. The van der Waals surface area contributed by atoms with Crippen molar-refractivity contribution in [2.45, 2.75) is 33.0 Å². The molecule has 32 heavy (non-hydrogen) atoms. The van der Waals surface area contributed by atoms with E-state index in [2.05, 4.69) is 88.2 Å². The van der Waals surface area contributed by atoms with E-state index in [9.17, 15) is 0 Å². The Labute approximate surface area is 210 Å². The maximum Gasteiger partial charge on any atom is 0.191 e. The van der Waals surface area contributed by atoms with Crippen molar-refractivity contribution >= 4 is 35.6 Å². The second-order valence-electron chi connectivity index (χ2n) is 8.32. The minimum atomic E-state index is 0. The van der Waals surface area contributed by atoms with Gasteiger partial charge < -0.3 is 20.7 Å². The van der Waals surface area contributed by atoms with E-state index >= 15 is 0 Å². The van der Waals surface area contributed by atoms with Crippen LogP contribution in [0.25, 0.3) is 0 Å². The van der Waals surface area contributed by atoms with Crippen LogP contribution >= 0.6 is 24.0 Å². The molecule has 2 aromatic carbocycles. The third kappa shape index (κ3) is 8.60. The molecule has 0 saturated carbocycles. The highest BCUT2D eigenvalue weighted by atomic mass is 127. The second kappa shape index (κ2) is 14.3. The standard InChI is InChI=1S/C25H37N5O.HI/c1-20(2)24(29-23-11-5-4-6-12-23)18-28-25(26-3)27-17-21-9-7-8-10-22(21)19-30-13-15-31-16-14-30;/h4-12,20,24,29H,13-19H2,1-3H3,(H2,26,27,28);1H. The zero-order valence-corrected chi connectivity index (χ0v) is 21.8. The third-order valence-corrected chi connectivity index (χ3v) is 5.71. The average molecular weight is 552 g/mol. The molecule has 0 aliphatic carbocycles. The molecule has 1 atom stereocenters. The summed E-state index contributed by atoms with van der Waals surface area (Å²) in [5.41, 5.74) is 3.81.